The van der Waals surface area contributed by atoms with Crippen LogP contribution in [0.15, 0.2) is 29.2 Å². The molecule has 2 rings (SSSR count). The molecule has 1 aliphatic rings. The molecule has 1 aromatic carbocycles. The van der Waals surface area contributed by atoms with Gasteiger partial charge in [0.15, 0.2) is 0 Å². The van der Waals surface area contributed by atoms with Gasteiger partial charge in [-0.05, 0) is 43.9 Å². The quantitative estimate of drug-likeness (QED) is 0.702. The van der Waals surface area contributed by atoms with Crippen LogP contribution in [0, 0.1) is 0 Å². The SMILES string of the molecule is CCN(CCC(=O)O)C(=O)CCc1ccc(S(=O)(=O)N2CCCC2)cc1. The number of hydrogen-bond acceptors (Lipinski definition) is 4. The summed E-state index contributed by atoms with van der Waals surface area (Å²) in [5.41, 5.74) is 0.882. The van der Waals surface area contributed by atoms with Crippen molar-refractivity contribution in [3.8, 4) is 0 Å². The first kappa shape index (κ1) is 20.4. The van der Waals surface area contributed by atoms with E-state index >= 15 is 0 Å². The highest BCUT2D eigenvalue weighted by Crippen LogP contribution is 2.21. The van der Waals surface area contributed by atoms with Gasteiger partial charge in [0.05, 0.1) is 11.3 Å². The monoisotopic (exact) mass is 382 g/mol. The fourth-order valence-corrected chi connectivity index (χ4v) is 4.52. The van der Waals surface area contributed by atoms with Gasteiger partial charge >= 0.3 is 5.97 Å². The minimum atomic E-state index is -3.42. The van der Waals surface area contributed by atoms with Crippen LogP contribution >= 0.6 is 0 Å². The molecule has 1 N–H and O–H groups in total. The molecule has 1 aliphatic heterocycles. The molecule has 26 heavy (non-hydrogen) atoms. The number of aryl methyl sites for hydroxylation is 1. The summed E-state index contributed by atoms with van der Waals surface area (Å²) in [7, 11) is -3.42. The second-order valence-electron chi connectivity index (χ2n) is 6.37. The molecule has 0 bridgehead atoms. The molecule has 1 saturated heterocycles. The van der Waals surface area contributed by atoms with Gasteiger partial charge in [0.2, 0.25) is 15.9 Å². The fraction of sp³-hybridized carbons (Fsp3) is 0.556. The van der Waals surface area contributed by atoms with Crippen LogP contribution in [0.5, 0.6) is 0 Å². The Morgan fingerprint density at radius 2 is 1.73 bits per heavy atom. The maximum Gasteiger partial charge on any atom is 0.305 e. The molecule has 0 aromatic heterocycles. The van der Waals surface area contributed by atoms with Crippen LogP contribution in [-0.2, 0) is 26.0 Å². The van der Waals surface area contributed by atoms with Crippen LogP contribution in [0.4, 0.5) is 0 Å². The van der Waals surface area contributed by atoms with E-state index in [1.165, 1.54) is 9.21 Å². The molecule has 0 atom stereocenters. The van der Waals surface area contributed by atoms with E-state index < -0.39 is 16.0 Å². The lowest BCUT2D eigenvalue weighted by molar-refractivity contribution is -0.138. The van der Waals surface area contributed by atoms with Crippen molar-refractivity contribution in [2.24, 2.45) is 0 Å². The van der Waals surface area contributed by atoms with Crippen molar-refractivity contribution < 1.29 is 23.1 Å². The van der Waals surface area contributed by atoms with Crippen LogP contribution in [0.2, 0.25) is 0 Å². The lowest BCUT2D eigenvalue weighted by atomic mass is 10.1. The minimum absolute atomic E-state index is 0.0668. The van der Waals surface area contributed by atoms with Crippen molar-refractivity contribution in [2.45, 2.75) is 43.9 Å². The first-order valence-electron chi connectivity index (χ1n) is 8.93. The smallest absolute Gasteiger partial charge is 0.305 e. The Morgan fingerprint density at radius 1 is 1.12 bits per heavy atom. The van der Waals surface area contributed by atoms with Crippen molar-refractivity contribution in [1.29, 1.82) is 0 Å². The lowest BCUT2D eigenvalue weighted by Crippen LogP contribution is -2.33. The molecule has 1 heterocycles. The van der Waals surface area contributed by atoms with Gasteiger partial charge in [0, 0.05) is 32.6 Å². The Bertz CT molecular complexity index is 724. The highest BCUT2D eigenvalue weighted by Gasteiger charge is 2.26. The van der Waals surface area contributed by atoms with Crippen molar-refractivity contribution >= 4 is 21.9 Å². The Kier molecular flexibility index (Phi) is 7.16. The van der Waals surface area contributed by atoms with E-state index in [1.807, 2.05) is 6.92 Å². The summed E-state index contributed by atoms with van der Waals surface area (Å²) in [4.78, 5) is 24.6. The van der Waals surface area contributed by atoms with Gasteiger partial charge in [-0.15, -0.1) is 0 Å². The van der Waals surface area contributed by atoms with E-state index in [0.717, 1.165) is 18.4 Å². The summed E-state index contributed by atoms with van der Waals surface area (Å²) < 4.78 is 26.5. The van der Waals surface area contributed by atoms with Crippen LogP contribution in [-0.4, -0.2) is 60.8 Å². The summed E-state index contributed by atoms with van der Waals surface area (Å²) in [5.74, 6) is -1.02. The minimum Gasteiger partial charge on any atom is -0.481 e. The predicted molar refractivity (Wildman–Crippen MR) is 97.3 cm³/mol. The molecular formula is C18H26N2O5S. The third kappa shape index (κ3) is 5.28. The van der Waals surface area contributed by atoms with E-state index in [0.29, 0.717) is 26.1 Å². The molecule has 0 spiro atoms. The largest absolute Gasteiger partial charge is 0.481 e. The molecular weight excluding hydrogens is 356 g/mol. The summed E-state index contributed by atoms with van der Waals surface area (Å²) in [5, 5.41) is 8.73. The van der Waals surface area contributed by atoms with Crippen LogP contribution < -0.4 is 0 Å². The number of aliphatic carboxylic acids is 1. The second-order valence-corrected chi connectivity index (χ2v) is 8.31. The van der Waals surface area contributed by atoms with Crippen LogP contribution in [0.25, 0.3) is 0 Å². The van der Waals surface area contributed by atoms with Crippen molar-refractivity contribution in [2.75, 3.05) is 26.2 Å². The predicted octanol–water partition coefficient (Wildman–Crippen LogP) is 1.73. The fourth-order valence-electron chi connectivity index (χ4n) is 3.00. The number of hydrogen-bond donors (Lipinski definition) is 1. The third-order valence-electron chi connectivity index (χ3n) is 4.58. The third-order valence-corrected chi connectivity index (χ3v) is 6.50. The number of carboxylic acid groups (broad SMARTS) is 1. The Morgan fingerprint density at radius 3 is 2.27 bits per heavy atom. The number of carboxylic acids is 1. The van der Waals surface area contributed by atoms with Gasteiger partial charge in [-0.3, -0.25) is 9.59 Å². The standard InChI is InChI=1S/C18H26N2O5S/c1-2-19(14-11-18(22)23)17(21)10-7-15-5-8-16(9-6-15)26(24,25)20-12-3-4-13-20/h5-6,8-9H,2-4,7,10-14H2,1H3,(H,22,23). The number of amides is 1. The zero-order valence-corrected chi connectivity index (χ0v) is 15.9. The van der Waals surface area contributed by atoms with Crippen molar-refractivity contribution in [3.05, 3.63) is 29.8 Å². The van der Waals surface area contributed by atoms with E-state index in [1.54, 1.807) is 24.3 Å². The molecule has 1 fully saturated rings. The number of nitrogens with zero attached hydrogens (tertiary/aromatic N) is 2. The maximum absolute atomic E-state index is 12.5. The van der Waals surface area contributed by atoms with E-state index in [2.05, 4.69) is 0 Å². The summed E-state index contributed by atoms with van der Waals surface area (Å²) in [6.45, 7) is 3.64. The second kappa shape index (κ2) is 9.14. The summed E-state index contributed by atoms with van der Waals surface area (Å²) >= 11 is 0. The first-order valence-corrected chi connectivity index (χ1v) is 10.4. The van der Waals surface area contributed by atoms with Crippen LogP contribution in [0.3, 0.4) is 0 Å². The normalized spacial score (nSPS) is 15.1. The zero-order valence-electron chi connectivity index (χ0n) is 15.1. The molecule has 144 valence electrons. The first-order chi connectivity index (χ1) is 12.3. The average molecular weight is 382 g/mol. The Balaban J connectivity index is 1.92. The van der Waals surface area contributed by atoms with E-state index in [4.69, 9.17) is 5.11 Å². The zero-order chi connectivity index (χ0) is 19.2. The highest BCUT2D eigenvalue weighted by atomic mass is 32.2. The molecule has 8 heteroatoms. The summed E-state index contributed by atoms with van der Waals surface area (Å²) in [6.07, 6.45) is 2.49. The molecule has 0 radical (unpaired) electrons. The number of sulfonamides is 1. The number of benzene rings is 1. The van der Waals surface area contributed by atoms with Gasteiger partial charge in [0.1, 0.15) is 0 Å². The molecule has 1 amide bonds. The van der Waals surface area contributed by atoms with Gasteiger partial charge in [-0.25, -0.2) is 8.42 Å². The Hall–Kier alpha value is -1.93. The maximum atomic E-state index is 12.5. The number of carbonyl (C=O) groups excluding carboxylic acids is 1. The van der Waals surface area contributed by atoms with Gasteiger partial charge in [-0.1, -0.05) is 12.1 Å². The highest BCUT2D eigenvalue weighted by molar-refractivity contribution is 7.89. The Labute approximate surface area is 154 Å². The molecule has 0 aliphatic carbocycles. The topological polar surface area (TPSA) is 95.0 Å². The molecule has 0 saturated carbocycles. The van der Waals surface area contributed by atoms with E-state index in [9.17, 15) is 18.0 Å². The summed E-state index contributed by atoms with van der Waals surface area (Å²) in [6, 6.07) is 6.67. The van der Waals surface area contributed by atoms with Gasteiger partial charge in [0.25, 0.3) is 0 Å². The van der Waals surface area contributed by atoms with Crippen LogP contribution in [0.1, 0.15) is 38.2 Å². The molecule has 1 aromatic rings. The molecule has 7 nitrogen and oxygen atoms in total. The average Bonchev–Trinajstić information content (AvgIpc) is 3.16. The van der Waals surface area contributed by atoms with Gasteiger partial charge < -0.3 is 10.0 Å². The van der Waals surface area contributed by atoms with Gasteiger partial charge in [-0.2, -0.15) is 4.31 Å². The number of rotatable bonds is 9. The number of carbonyl (C=O) groups is 2. The van der Waals surface area contributed by atoms with E-state index in [-0.39, 0.29) is 30.2 Å². The van der Waals surface area contributed by atoms with Crippen molar-refractivity contribution in [1.82, 2.24) is 9.21 Å². The lowest BCUT2D eigenvalue weighted by Gasteiger charge is -2.20. The molecule has 0 unspecified atom stereocenters. The van der Waals surface area contributed by atoms with Crippen molar-refractivity contribution in [3.63, 3.8) is 0 Å².